The molecule has 0 N–H and O–H groups in total. The monoisotopic (exact) mass is 282 g/mol. The number of rotatable bonds is 3. The van der Waals surface area contributed by atoms with Crippen molar-refractivity contribution in [2.45, 2.75) is 38.7 Å². The zero-order valence-electron chi connectivity index (χ0n) is 9.79. The van der Waals surface area contributed by atoms with Crippen LogP contribution in [0.2, 0.25) is 0 Å². The third-order valence-corrected chi connectivity index (χ3v) is 3.84. The Kier molecular flexibility index (Phi) is 4.42. The average molecular weight is 283 g/mol. The fourth-order valence-electron chi connectivity index (χ4n) is 2.38. The molecule has 0 bridgehead atoms. The van der Waals surface area contributed by atoms with E-state index in [9.17, 15) is 0 Å². The van der Waals surface area contributed by atoms with Crippen LogP contribution in [0.3, 0.4) is 0 Å². The molecule has 1 nitrogen and oxygen atoms in total. The highest BCUT2D eigenvalue weighted by Gasteiger charge is 2.22. The molecule has 2 heteroatoms. The fraction of sp³-hybridized carbons (Fsp3) is 0.571. The fourth-order valence-corrected chi connectivity index (χ4v) is 2.65. The first-order valence-corrected chi connectivity index (χ1v) is 6.96. The smallest absolute Gasteiger partial charge is 0.0825 e. The zero-order chi connectivity index (χ0) is 11.4. The highest BCUT2D eigenvalue weighted by molar-refractivity contribution is 9.10. The van der Waals surface area contributed by atoms with E-state index < -0.39 is 0 Å². The first-order chi connectivity index (χ1) is 7.79. The van der Waals surface area contributed by atoms with Crippen LogP contribution in [0.15, 0.2) is 28.7 Å². The number of halogens is 1. The second-order valence-electron chi connectivity index (χ2n) is 4.61. The van der Waals surface area contributed by atoms with Crippen molar-refractivity contribution in [1.82, 2.24) is 0 Å². The molecule has 0 saturated carbocycles. The van der Waals surface area contributed by atoms with Gasteiger partial charge in [-0.2, -0.15) is 0 Å². The molecule has 1 aromatic carbocycles. The molecule has 1 heterocycles. The summed E-state index contributed by atoms with van der Waals surface area (Å²) in [4.78, 5) is 0. The third kappa shape index (κ3) is 3.08. The summed E-state index contributed by atoms with van der Waals surface area (Å²) >= 11 is 3.46. The lowest BCUT2D eigenvalue weighted by atomic mass is 9.92. The van der Waals surface area contributed by atoms with E-state index in [4.69, 9.17) is 4.74 Å². The minimum absolute atomic E-state index is 0.321. The molecule has 0 radical (unpaired) electrons. The molecular formula is C14H19BrO. The second-order valence-corrected chi connectivity index (χ2v) is 5.52. The van der Waals surface area contributed by atoms with Gasteiger partial charge in [-0.05, 0) is 42.9 Å². The van der Waals surface area contributed by atoms with E-state index in [1.54, 1.807) is 0 Å². The van der Waals surface area contributed by atoms with Gasteiger partial charge in [0.25, 0.3) is 0 Å². The number of hydrogen-bond donors (Lipinski definition) is 0. The largest absolute Gasteiger partial charge is 0.373 e. The Morgan fingerprint density at radius 3 is 2.56 bits per heavy atom. The van der Waals surface area contributed by atoms with Crippen molar-refractivity contribution in [2.75, 3.05) is 6.61 Å². The first-order valence-electron chi connectivity index (χ1n) is 6.16. The first kappa shape index (κ1) is 12.1. The van der Waals surface area contributed by atoms with E-state index in [1.165, 1.54) is 31.2 Å². The lowest BCUT2D eigenvalue weighted by molar-refractivity contribution is -0.0194. The van der Waals surface area contributed by atoms with Gasteiger partial charge in [0.05, 0.1) is 12.7 Å². The highest BCUT2D eigenvalue weighted by atomic mass is 79.9. The molecule has 0 spiro atoms. The zero-order valence-corrected chi connectivity index (χ0v) is 11.4. The highest BCUT2D eigenvalue weighted by Crippen LogP contribution is 2.32. The van der Waals surface area contributed by atoms with Gasteiger partial charge in [0.1, 0.15) is 0 Å². The molecule has 0 aliphatic carbocycles. The lowest BCUT2D eigenvalue weighted by Crippen LogP contribution is -2.20. The Balaban J connectivity index is 1.91. The molecule has 2 rings (SSSR count). The minimum Gasteiger partial charge on any atom is -0.373 e. The maximum Gasteiger partial charge on any atom is 0.0825 e. The number of benzene rings is 1. The van der Waals surface area contributed by atoms with Crippen LogP contribution in [-0.2, 0) is 4.74 Å². The molecule has 1 aliphatic heterocycles. The van der Waals surface area contributed by atoms with Gasteiger partial charge in [-0.25, -0.2) is 0 Å². The van der Waals surface area contributed by atoms with Gasteiger partial charge < -0.3 is 4.74 Å². The van der Waals surface area contributed by atoms with Crippen LogP contribution in [0, 0.1) is 5.92 Å². The maximum atomic E-state index is 5.95. The van der Waals surface area contributed by atoms with Crippen LogP contribution in [-0.4, -0.2) is 6.61 Å². The summed E-state index contributed by atoms with van der Waals surface area (Å²) in [6.45, 7) is 3.19. The number of hydrogen-bond acceptors (Lipinski definition) is 1. The Bertz CT molecular complexity index is 312. The standard InChI is InChI=1S/C14H19BrO/c1-2-3-11-4-9-14(16-10-11)12-5-7-13(15)8-6-12/h5-8,11,14H,2-4,9-10H2,1H3/t11-,14+/m0/s1. The Hall–Kier alpha value is -0.340. The van der Waals surface area contributed by atoms with Gasteiger partial charge in [0.2, 0.25) is 0 Å². The lowest BCUT2D eigenvalue weighted by Gasteiger charge is -2.29. The van der Waals surface area contributed by atoms with Crippen molar-refractivity contribution in [3.05, 3.63) is 34.3 Å². The van der Waals surface area contributed by atoms with Crippen LogP contribution in [0.25, 0.3) is 0 Å². The Morgan fingerprint density at radius 1 is 1.25 bits per heavy atom. The Morgan fingerprint density at radius 2 is 2.00 bits per heavy atom. The van der Waals surface area contributed by atoms with Crippen molar-refractivity contribution in [3.63, 3.8) is 0 Å². The summed E-state index contributed by atoms with van der Waals surface area (Å²) in [7, 11) is 0. The van der Waals surface area contributed by atoms with Crippen LogP contribution in [0.4, 0.5) is 0 Å². The van der Waals surface area contributed by atoms with Gasteiger partial charge >= 0.3 is 0 Å². The third-order valence-electron chi connectivity index (χ3n) is 3.31. The predicted molar refractivity (Wildman–Crippen MR) is 70.5 cm³/mol. The van der Waals surface area contributed by atoms with E-state index in [0.29, 0.717) is 6.10 Å². The van der Waals surface area contributed by atoms with Crippen LogP contribution in [0.1, 0.15) is 44.3 Å². The van der Waals surface area contributed by atoms with Crippen LogP contribution >= 0.6 is 15.9 Å². The van der Waals surface area contributed by atoms with Gasteiger partial charge in [-0.3, -0.25) is 0 Å². The van der Waals surface area contributed by atoms with Crippen LogP contribution in [0.5, 0.6) is 0 Å². The summed E-state index contributed by atoms with van der Waals surface area (Å²) in [5.74, 6) is 0.789. The van der Waals surface area contributed by atoms with E-state index in [0.717, 1.165) is 17.0 Å². The molecule has 1 fully saturated rings. The van der Waals surface area contributed by atoms with E-state index in [1.807, 2.05) is 0 Å². The average Bonchev–Trinajstić information content (AvgIpc) is 2.32. The van der Waals surface area contributed by atoms with Crippen molar-refractivity contribution in [2.24, 2.45) is 5.92 Å². The van der Waals surface area contributed by atoms with Crippen molar-refractivity contribution >= 4 is 15.9 Å². The van der Waals surface area contributed by atoms with Crippen molar-refractivity contribution in [3.8, 4) is 0 Å². The number of ether oxygens (including phenoxy) is 1. The molecule has 16 heavy (non-hydrogen) atoms. The van der Waals surface area contributed by atoms with Gasteiger partial charge in [-0.15, -0.1) is 0 Å². The van der Waals surface area contributed by atoms with Gasteiger partial charge in [0, 0.05) is 4.47 Å². The summed E-state index contributed by atoms with van der Waals surface area (Å²) < 4.78 is 7.09. The quantitative estimate of drug-likeness (QED) is 0.780. The van der Waals surface area contributed by atoms with Gasteiger partial charge in [0.15, 0.2) is 0 Å². The molecule has 0 aromatic heterocycles. The minimum atomic E-state index is 0.321. The SMILES string of the molecule is CCC[C@H]1CC[C@H](c2ccc(Br)cc2)OC1. The summed E-state index contributed by atoms with van der Waals surface area (Å²) in [6, 6.07) is 8.51. The topological polar surface area (TPSA) is 9.23 Å². The Labute approximate surface area is 106 Å². The second kappa shape index (κ2) is 5.83. The summed E-state index contributed by atoms with van der Waals surface area (Å²) in [5.41, 5.74) is 1.32. The van der Waals surface area contributed by atoms with Crippen LogP contribution < -0.4 is 0 Å². The molecule has 2 atom stereocenters. The molecule has 1 aliphatic rings. The molecule has 0 unspecified atom stereocenters. The van der Waals surface area contributed by atoms with Gasteiger partial charge in [-0.1, -0.05) is 41.4 Å². The van der Waals surface area contributed by atoms with Crippen molar-refractivity contribution in [1.29, 1.82) is 0 Å². The molecule has 0 amide bonds. The normalized spacial score (nSPS) is 25.6. The molecule has 1 saturated heterocycles. The van der Waals surface area contributed by atoms with E-state index in [2.05, 4.69) is 47.1 Å². The molecular weight excluding hydrogens is 264 g/mol. The summed E-state index contributed by atoms with van der Waals surface area (Å²) in [5, 5.41) is 0. The molecule has 1 aromatic rings. The summed E-state index contributed by atoms with van der Waals surface area (Å²) in [6.07, 6.45) is 5.39. The van der Waals surface area contributed by atoms with E-state index in [-0.39, 0.29) is 0 Å². The molecule has 88 valence electrons. The maximum absolute atomic E-state index is 5.95. The predicted octanol–water partition coefficient (Wildman–Crippen LogP) is 4.72. The van der Waals surface area contributed by atoms with E-state index >= 15 is 0 Å². The van der Waals surface area contributed by atoms with Crippen molar-refractivity contribution < 1.29 is 4.74 Å².